The van der Waals surface area contributed by atoms with E-state index in [1.165, 1.54) is 32.4 Å². The quantitative estimate of drug-likeness (QED) is 0.904. The summed E-state index contributed by atoms with van der Waals surface area (Å²) < 4.78 is 20.6. The molecule has 1 unspecified atom stereocenters. The number of methoxy groups -OCH3 is 1. The number of aryl methyl sites for hydroxylation is 1. The van der Waals surface area contributed by atoms with E-state index in [9.17, 15) is 9.50 Å². The highest BCUT2D eigenvalue weighted by molar-refractivity contribution is 5.44. The van der Waals surface area contributed by atoms with E-state index >= 15 is 0 Å². The number of ether oxygens (including phenoxy) is 1. The van der Waals surface area contributed by atoms with Gasteiger partial charge in [0, 0.05) is 18.8 Å². The van der Waals surface area contributed by atoms with Crippen molar-refractivity contribution >= 4 is 0 Å². The molecular formula is C13H15FN2O2. The number of nitrogens with zero attached hydrogens (tertiary/aromatic N) is 2. The molecular weight excluding hydrogens is 235 g/mol. The Hall–Kier alpha value is -1.88. The standard InChI is InChI=1S/C13H15FN2O2/c1-13(17,9-7-15-16(2)8-9)12-10(14)5-4-6-11(12)18-3/h4-8,17H,1-3H3. The highest BCUT2D eigenvalue weighted by Crippen LogP contribution is 2.36. The minimum absolute atomic E-state index is 0.112. The maximum Gasteiger partial charge on any atom is 0.133 e. The number of rotatable bonds is 3. The predicted octanol–water partition coefficient (Wildman–Crippen LogP) is 1.82. The molecule has 0 bridgehead atoms. The summed E-state index contributed by atoms with van der Waals surface area (Å²) >= 11 is 0. The molecule has 0 fully saturated rings. The van der Waals surface area contributed by atoms with Crippen LogP contribution in [0.15, 0.2) is 30.6 Å². The van der Waals surface area contributed by atoms with E-state index in [1.807, 2.05) is 0 Å². The van der Waals surface area contributed by atoms with E-state index in [1.54, 1.807) is 24.0 Å². The van der Waals surface area contributed by atoms with E-state index in [2.05, 4.69) is 5.10 Å². The number of benzene rings is 1. The minimum Gasteiger partial charge on any atom is -0.496 e. The van der Waals surface area contributed by atoms with Gasteiger partial charge in [-0.3, -0.25) is 4.68 Å². The van der Waals surface area contributed by atoms with Gasteiger partial charge >= 0.3 is 0 Å². The molecule has 5 heteroatoms. The topological polar surface area (TPSA) is 47.3 Å². The molecule has 0 amide bonds. The Kier molecular flexibility index (Phi) is 3.09. The molecule has 0 radical (unpaired) electrons. The number of halogens is 1. The van der Waals surface area contributed by atoms with Crippen molar-refractivity contribution in [3.05, 3.63) is 47.5 Å². The Balaban J connectivity index is 2.60. The summed E-state index contributed by atoms with van der Waals surface area (Å²) in [5.41, 5.74) is -0.876. The van der Waals surface area contributed by atoms with Crippen molar-refractivity contribution in [1.29, 1.82) is 0 Å². The zero-order valence-corrected chi connectivity index (χ0v) is 10.5. The molecule has 1 heterocycles. The Morgan fingerprint density at radius 1 is 1.44 bits per heavy atom. The van der Waals surface area contributed by atoms with Crippen LogP contribution in [0, 0.1) is 5.82 Å². The Bertz CT molecular complexity index is 564. The Morgan fingerprint density at radius 2 is 2.17 bits per heavy atom. The molecule has 2 rings (SSSR count). The fourth-order valence-corrected chi connectivity index (χ4v) is 1.96. The van der Waals surface area contributed by atoms with Gasteiger partial charge in [0.1, 0.15) is 17.2 Å². The summed E-state index contributed by atoms with van der Waals surface area (Å²) in [7, 11) is 3.18. The van der Waals surface area contributed by atoms with Crippen LogP contribution < -0.4 is 4.74 Å². The van der Waals surface area contributed by atoms with Crippen LogP contribution in [-0.2, 0) is 12.6 Å². The maximum absolute atomic E-state index is 14.0. The molecule has 96 valence electrons. The molecule has 1 aromatic carbocycles. The molecule has 0 spiro atoms. The molecule has 4 nitrogen and oxygen atoms in total. The summed E-state index contributed by atoms with van der Waals surface area (Å²) in [6, 6.07) is 4.45. The molecule has 0 aliphatic carbocycles. The highest BCUT2D eigenvalue weighted by atomic mass is 19.1. The van der Waals surface area contributed by atoms with Crippen LogP contribution in [0.2, 0.25) is 0 Å². The van der Waals surface area contributed by atoms with Gasteiger partial charge in [0.05, 0.1) is 18.9 Å². The first-order chi connectivity index (χ1) is 8.46. The van der Waals surface area contributed by atoms with Crippen LogP contribution in [0.1, 0.15) is 18.1 Å². The average molecular weight is 250 g/mol. The van der Waals surface area contributed by atoms with E-state index in [0.717, 1.165) is 0 Å². The second-order valence-corrected chi connectivity index (χ2v) is 4.29. The average Bonchev–Trinajstić information content (AvgIpc) is 2.75. The van der Waals surface area contributed by atoms with Crippen LogP contribution in [-0.4, -0.2) is 22.0 Å². The first kappa shape index (κ1) is 12.6. The molecule has 1 aromatic heterocycles. The number of aliphatic hydroxyl groups is 1. The van der Waals surface area contributed by atoms with Crippen LogP contribution in [0.4, 0.5) is 4.39 Å². The summed E-state index contributed by atoms with van der Waals surface area (Å²) in [5, 5.41) is 14.6. The van der Waals surface area contributed by atoms with E-state index in [4.69, 9.17) is 4.74 Å². The van der Waals surface area contributed by atoms with E-state index in [-0.39, 0.29) is 5.56 Å². The molecule has 2 aromatic rings. The van der Waals surface area contributed by atoms with Gasteiger partial charge in [-0.05, 0) is 19.1 Å². The van der Waals surface area contributed by atoms with Crippen LogP contribution in [0.25, 0.3) is 0 Å². The van der Waals surface area contributed by atoms with Gasteiger partial charge in [-0.25, -0.2) is 4.39 Å². The van der Waals surface area contributed by atoms with Gasteiger partial charge < -0.3 is 9.84 Å². The van der Waals surface area contributed by atoms with Crippen molar-refractivity contribution in [2.45, 2.75) is 12.5 Å². The summed E-state index contributed by atoms with van der Waals surface area (Å²) in [4.78, 5) is 0. The fraction of sp³-hybridized carbons (Fsp3) is 0.308. The first-order valence-electron chi connectivity index (χ1n) is 5.51. The van der Waals surface area contributed by atoms with Gasteiger partial charge in [-0.15, -0.1) is 0 Å². The predicted molar refractivity (Wildman–Crippen MR) is 64.8 cm³/mol. The van der Waals surface area contributed by atoms with Gasteiger partial charge in [0.2, 0.25) is 0 Å². The van der Waals surface area contributed by atoms with Crippen molar-refractivity contribution in [2.75, 3.05) is 7.11 Å². The smallest absolute Gasteiger partial charge is 0.133 e. The lowest BCUT2D eigenvalue weighted by atomic mass is 9.89. The van der Waals surface area contributed by atoms with Gasteiger partial charge in [-0.2, -0.15) is 5.10 Å². The molecule has 1 atom stereocenters. The fourth-order valence-electron chi connectivity index (χ4n) is 1.96. The first-order valence-corrected chi connectivity index (χ1v) is 5.51. The zero-order valence-electron chi connectivity index (χ0n) is 10.5. The van der Waals surface area contributed by atoms with Crippen molar-refractivity contribution < 1.29 is 14.2 Å². The van der Waals surface area contributed by atoms with E-state index in [0.29, 0.717) is 11.3 Å². The molecule has 0 saturated heterocycles. The van der Waals surface area contributed by atoms with Gasteiger partial charge in [0.15, 0.2) is 0 Å². The largest absolute Gasteiger partial charge is 0.496 e. The third kappa shape index (κ3) is 1.97. The van der Waals surface area contributed by atoms with Crippen molar-refractivity contribution in [2.24, 2.45) is 7.05 Å². The molecule has 18 heavy (non-hydrogen) atoms. The maximum atomic E-state index is 14.0. The van der Waals surface area contributed by atoms with E-state index < -0.39 is 11.4 Å². The Labute approximate surface area is 105 Å². The Morgan fingerprint density at radius 3 is 2.72 bits per heavy atom. The minimum atomic E-state index is -1.50. The molecule has 0 saturated carbocycles. The second-order valence-electron chi connectivity index (χ2n) is 4.29. The van der Waals surface area contributed by atoms with Crippen LogP contribution in [0.5, 0.6) is 5.75 Å². The second kappa shape index (κ2) is 4.42. The highest BCUT2D eigenvalue weighted by Gasteiger charge is 2.33. The van der Waals surface area contributed by atoms with Crippen molar-refractivity contribution in [3.8, 4) is 5.75 Å². The lowest BCUT2D eigenvalue weighted by Crippen LogP contribution is -2.24. The number of aromatic nitrogens is 2. The summed E-state index contributed by atoms with van der Waals surface area (Å²) in [5.74, 6) is -0.202. The number of hydrogen-bond acceptors (Lipinski definition) is 3. The van der Waals surface area contributed by atoms with Gasteiger partial charge in [-0.1, -0.05) is 6.07 Å². The van der Waals surface area contributed by atoms with Crippen molar-refractivity contribution in [3.63, 3.8) is 0 Å². The summed E-state index contributed by atoms with van der Waals surface area (Å²) in [6.07, 6.45) is 3.15. The number of hydrogen-bond donors (Lipinski definition) is 1. The third-order valence-electron chi connectivity index (χ3n) is 2.95. The van der Waals surface area contributed by atoms with Crippen molar-refractivity contribution in [1.82, 2.24) is 9.78 Å². The normalized spacial score (nSPS) is 14.3. The molecule has 0 aliphatic rings. The molecule has 1 N–H and O–H groups in total. The monoisotopic (exact) mass is 250 g/mol. The third-order valence-corrected chi connectivity index (χ3v) is 2.95. The summed E-state index contributed by atoms with van der Waals surface area (Å²) in [6.45, 7) is 1.52. The molecule has 0 aliphatic heterocycles. The zero-order chi connectivity index (χ0) is 13.3. The van der Waals surface area contributed by atoms with Crippen LogP contribution in [0.3, 0.4) is 0 Å². The lowest BCUT2D eigenvalue weighted by molar-refractivity contribution is 0.0944. The van der Waals surface area contributed by atoms with Crippen LogP contribution >= 0.6 is 0 Å². The SMILES string of the molecule is COc1cccc(F)c1C(C)(O)c1cnn(C)c1. The van der Waals surface area contributed by atoms with Gasteiger partial charge in [0.25, 0.3) is 0 Å². The lowest BCUT2D eigenvalue weighted by Gasteiger charge is -2.25.